The van der Waals surface area contributed by atoms with E-state index in [1.807, 2.05) is 0 Å². The highest BCUT2D eigenvalue weighted by Gasteiger charge is 2.58. The number of hydrogen-bond acceptors (Lipinski definition) is 9. The molecule has 1 rings (SSSR count). The molecule has 0 unspecified atom stereocenters. The molecule has 9 heteroatoms. The fourth-order valence-electron chi connectivity index (χ4n) is 3.16. The molecule has 9 nitrogen and oxygen atoms in total. The lowest BCUT2D eigenvalue weighted by molar-refractivity contribution is -0.205. The van der Waals surface area contributed by atoms with Crippen molar-refractivity contribution in [2.45, 2.75) is 58.8 Å². The van der Waals surface area contributed by atoms with Crippen LogP contribution in [0.4, 0.5) is 0 Å². The Kier molecular flexibility index (Phi) is 7.43. The normalized spacial score (nSPS) is 22.9. The van der Waals surface area contributed by atoms with Crippen molar-refractivity contribution in [3.8, 4) is 0 Å². The molecule has 1 fully saturated rings. The molecule has 0 bridgehead atoms. The Labute approximate surface area is 151 Å². The average molecular weight is 372 g/mol. The van der Waals surface area contributed by atoms with Crippen LogP contribution >= 0.6 is 0 Å². The van der Waals surface area contributed by atoms with Crippen LogP contribution < -0.4 is 0 Å². The third-order valence-corrected chi connectivity index (χ3v) is 4.34. The molecule has 0 spiro atoms. The number of carbonyl (C=O) groups is 5. The molecule has 0 radical (unpaired) electrons. The van der Waals surface area contributed by atoms with Crippen molar-refractivity contribution in [2.24, 2.45) is 5.41 Å². The molecule has 146 valence electrons. The van der Waals surface area contributed by atoms with E-state index in [0.717, 1.165) is 21.0 Å². The number of methoxy groups -OCH3 is 1. The quantitative estimate of drug-likeness (QED) is 0.354. The average Bonchev–Trinajstić information content (AvgIpc) is 2.53. The van der Waals surface area contributed by atoms with E-state index >= 15 is 0 Å². The molecule has 1 aliphatic heterocycles. The molecule has 0 amide bonds. The SMILES string of the molecule is COC(=O)C(C(C)=O)(C(C)=O)[C@H]1CC[C@H](OC(C)=O)[C@@H](COC(C)=O)O1. The van der Waals surface area contributed by atoms with E-state index in [2.05, 4.69) is 4.74 Å². The van der Waals surface area contributed by atoms with Gasteiger partial charge in [0.05, 0.1) is 13.2 Å². The first-order valence-corrected chi connectivity index (χ1v) is 8.13. The third-order valence-electron chi connectivity index (χ3n) is 4.34. The van der Waals surface area contributed by atoms with Gasteiger partial charge in [-0.2, -0.15) is 0 Å². The van der Waals surface area contributed by atoms with Crippen LogP contribution in [0.3, 0.4) is 0 Å². The van der Waals surface area contributed by atoms with Crippen LogP contribution in [-0.4, -0.2) is 61.5 Å². The van der Waals surface area contributed by atoms with Crippen molar-refractivity contribution in [1.29, 1.82) is 0 Å². The lowest BCUT2D eigenvalue weighted by Crippen LogP contribution is -2.59. The second kappa shape index (κ2) is 8.88. The standard InChI is InChI=1S/C17H24O9/c1-9(18)17(10(2)19,16(22)23-5)15-7-6-13(25-12(4)21)14(26-15)8-24-11(3)20/h13-15H,6-8H2,1-5H3/t13-,14+,15+/m0/s1. The summed E-state index contributed by atoms with van der Waals surface area (Å²) in [6.07, 6.45) is -2.47. The van der Waals surface area contributed by atoms with Crippen LogP contribution in [0.5, 0.6) is 0 Å². The Bertz CT molecular complexity index is 581. The molecular weight excluding hydrogens is 348 g/mol. The van der Waals surface area contributed by atoms with Gasteiger partial charge >= 0.3 is 17.9 Å². The Morgan fingerprint density at radius 3 is 1.96 bits per heavy atom. The maximum atomic E-state index is 12.3. The topological polar surface area (TPSA) is 122 Å². The molecule has 0 N–H and O–H groups in total. The summed E-state index contributed by atoms with van der Waals surface area (Å²) in [4.78, 5) is 59.2. The summed E-state index contributed by atoms with van der Waals surface area (Å²) in [5.41, 5.74) is -2.12. The summed E-state index contributed by atoms with van der Waals surface area (Å²) in [7, 11) is 1.07. The van der Waals surface area contributed by atoms with Crippen LogP contribution in [0.2, 0.25) is 0 Å². The van der Waals surface area contributed by atoms with Crippen molar-refractivity contribution in [3.63, 3.8) is 0 Å². The minimum absolute atomic E-state index is 0.1000. The van der Waals surface area contributed by atoms with Crippen molar-refractivity contribution in [1.82, 2.24) is 0 Å². The van der Waals surface area contributed by atoms with Crippen LogP contribution in [0.15, 0.2) is 0 Å². The van der Waals surface area contributed by atoms with Gasteiger partial charge in [-0.15, -0.1) is 0 Å². The summed E-state index contributed by atoms with van der Waals surface area (Å²) >= 11 is 0. The van der Waals surface area contributed by atoms with Crippen LogP contribution in [0, 0.1) is 5.41 Å². The fourth-order valence-corrected chi connectivity index (χ4v) is 3.16. The lowest BCUT2D eigenvalue weighted by atomic mass is 9.72. The molecule has 0 aromatic heterocycles. The highest BCUT2D eigenvalue weighted by Crippen LogP contribution is 2.37. The molecule has 1 heterocycles. The molecule has 0 aromatic rings. The highest BCUT2D eigenvalue weighted by molar-refractivity contribution is 6.21. The highest BCUT2D eigenvalue weighted by atomic mass is 16.6. The van der Waals surface area contributed by atoms with Gasteiger partial charge in [0.25, 0.3) is 0 Å². The Morgan fingerprint density at radius 2 is 1.54 bits per heavy atom. The second-order valence-electron chi connectivity index (χ2n) is 6.10. The van der Waals surface area contributed by atoms with Crippen molar-refractivity contribution in [2.75, 3.05) is 13.7 Å². The first kappa shape index (κ1) is 21.8. The number of carbonyl (C=O) groups excluding carboxylic acids is 5. The maximum absolute atomic E-state index is 12.3. The van der Waals surface area contributed by atoms with E-state index in [4.69, 9.17) is 14.2 Å². The number of ether oxygens (including phenoxy) is 4. The van der Waals surface area contributed by atoms with Crippen LogP contribution in [-0.2, 0) is 42.9 Å². The zero-order valence-electron chi connectivity index (χ0n) is 15.5. The summed E-state index contributed by atoms with van der Waals surface area (Å²) < 4.78 is 20.5. The van der Waals surface area contributed by atoms with Gasteiger partial charge in [0.2, 0.25) is 5.41 Å². The number of esters is 3. The lowest BCUT2D eigenvalue weighted by Gasteiger charge is -2.41. The molecule has 1 aliphatic rings. The Hall–Kier alpha value is -2.29. The predicted molar refractivity (Wildman–Crippen MR) is 85.9 cm³/mol. The minimum Gasteiger partial charge on any atom is -0.468 e. The largest absolute Gasteiger partial charge is 0.468 e. The zero-order valence-corrected chi connectivity index (χ0v) is 15.5. The number of ketones is 2. The summed E-state index contributed by atoms with van der Waals surface area (Å²) in [5.74, 6) is -3.56. The minimum atomic E-state index is -2.12. The van der Waals surface area contributed by atoms with Gasteiger partial charge in [-0.1, -0.05) is 0 Å². The van der Waals surface area contributed by atoms with E-state index in [0.29, 0.717) is 0 Å². The van der Waals surface area contributed by atoms with Gasteiger partial charge in [0, 0.05) is 13.8 Å². The zero-order chi connectivity index (χ0) is 20.1. The third kappa shape index (κ3) is 4.46. The summed E-state index contributed by atoms with van der Waals surface area (Å²) in [5, 5.41) is 0. The van der Waals surface area contributed by atoms with Gasteiger partial charge in [-0.3, -0.25) is 24.0 Å². The van der Waals surface area contributed by atoms with Crippen LogP contribution in [0.1, 0.15) is 40.5 Å². The summed E-state index contributed by atoms with van der Waals surface area (Å²) in [6.45, 7) is 4.39. The second-order valence-corrected chi connectivity index (χ2v) is 6.10. The van der Waals surface area contributed by atoms with E-state index in [1.165, 1.54) is 13.8 Å². The molecule has 3 atom stereocenters. The summed E-state index contributed by atoms with van der Waals surface area (Å²) in [6, 6.07) is 0. The van der Waals surface area contributed by atoms with Crippen molar-refractivity contribution < 1.29 is 42.9 Å². The number of rotatable bonds is 7. The molecule has 0 aliphatic carbocycles. The molecule has 0 aromatic carbocycles. The Morgan fingerprint density at radius 1 is 0.962 bits per heavy atom. The fraction of sp³-hybridized carbons (Fsp3) is 0.706. The van der Waals surface area contributed by atoms with Crippen molar-refractivity contribution in [3.05, 3.63) is 0 Å². The maximum Gasteiger partial charge on any atom is 0.329 e. The van der Waals surface area contributed by atoms with E-state index < -0.39 is 53.2 Å². The first-order chi connectivity index (χ1) is 12.1. The smallest absolute Gasteiger partial charge is 0.329 e. The number of Topliss-reactive ketones (excluding diaryl/α,β-unsaturated/α-hetero) is 2. The molecule has 0 saturated carbocycles. The predicted octanol–water partition coefficient (Wildman–Crippen LogP) is 0.366. The van der Waals surface area contributed by atoms with Crippen LogP contribution in [0.25, 0.3) is 0 Å². The van der Waals surface area contributed by atoms with Gasteiger partial charge in [-0.05, 0) is 26.7 Å². The van der Waals surface area contributed by atoms with E-state index in [9.17, 15) is 24.0 Å². The van der Waals surface area contributed by atoms with E-state index in [-0.39, 0.29) is 19.4 Å². The monoisotopic (exact) mass is 372 g/mol. The van der Waals surface area contributed by atoms with Crippen molar-refractivity contribution >= 4 is 29.5 Å². The Balaban J connectivity index is 3.20. The van der Waals surface area contributed by atoms with Gasteiger partial charge < -0.3 is 18.9 Å². The molecular formula is C17H24O9. The van der Waals surface area contributed by atoms with Gasteiger partial charge in [0.15, 0.2) is 11.6 Å². The number of hydrogen-bond donors (Lipinski definition) is 0. The van der Waals surface area contributed by atoms with Gasteiger partial charge in [0.1, 0.15) is 18.8 Å². The molecule has 1 saturated heterocycles. The van der Waals surface area contributed by atoms with E-state index in [1.54, 1.807) is 0 Å². The molecule has 26 heavy (non-hydrogen) atoms. The van der Waals surface area contributed by atoms with Gasteiger partial charge in [-0.25, -0.2) is 0 Å². The first-order valence-electron chi connectivity index (χ1n) is 8.13.